The van der Waals surface area contributed by atoms with E-state index in [1.807, 2.05) is 30.3 Å². The molecule has 0 spiro atoms. The lowest BCUT2D eigenvalue weighted by atomic mass is 10.0. The van der Waals surface area contributed by atoms with Crippen LogP contribution < -0.4 is 5.32 Å². The van der Waals surface area contributed by atoms with Crippen molar-refractivity contribution in [3.63, 3.8) is 0 Å². The van der Waals surface area contributed by atoms with Crippen molar-refractivity contribution in [3.05, 3.63) is 35.9 Å². The standard InChI is InChI=1S/C18H27NO3/c1-2-3-4-5-9-12-17(20)19-16(14-18(21)22)13-15-10-7-6-8-11-15/h6-8,10-11,16H,2-5,9,12-14H2,1H3,(H,19,20)(H,21,22)/t16-/m1/s1. The minimum Gasteiger partial charge on any atom is -0.481 e. The Morgan fingerprint density at radius 3 is 2.41 bits per heavy atom. The number of benzene rings is 1. The van der Waals surface area contributed by atoms with Crippen LogP contribution in [0.2, 0.25) is 0 Å². The highest BCUT2D eigenvalue weighted by Crippen LogP contribution is 2.08. The Kier molecular flexibility index (Phi) is 8.96. The van der Waals surface area contributed by atoms with Gasteiger partial charge < -0.3 is 10.4 Å². The molecule has 0 radical (unpaired) electrons. The zero-order valence-electron chi connectivity index (χ0n) is 13.4. The molecule has 0 heterocycles. The first kappa shape index (κ1) is 18.2. The van der Waals surface area contributed by atoms with E-state index in [-0.39, 0.29) is 18.4 Å². The topological polar surface area (TPSA) is 66.4 Å². The summed E-state index contributed by atoms with van der Waals surface area (Å²) < 4.78 is 0. The maximum atomic E-state index is 12.0. The number of carboxylic acid groups (broad SMARTS) is 1. The zero-order valence-corrected chi connectivity index (χ0v) is 13.4. The third-order valence-corrected chi connectivity index (χ3v) is 3.62. The van der Waals surface area contributed by atoms with Crippen molar-refractivity contribution in [2.24, 2.45) is 0 Å². The first-order valence-electron chi connectivity index (χ1n) is 8.17. The summed E-state index contributed by atoms with van der Waals surface area (Å²) in [4.78, 5) is 22.9. The minimum atomic E-state index is -0.885. The number of carbonyl (C=O) groups excluding carboxylic acids is 1. The number of rotatable bonds is 11. The summed E-state index contributed by atoms with van der Waals surface area (Å²) in [5.74, 6) is -0.928. The first-order chi connectivity index (χ1) is 10.6. The van der Waals surface area contributed by atoms with Crippen LogP contribution in [0, 0.1) is 0 Å². The Bertz CT molecular complexity index is 445. The van der Waals surface area contributed by atoms with Gasteiger partial charge >= 0.3 is 5.97 Å². The second kappa shape index (κ2) is 10.8. The molecule has 0 aliphatic heterocycles. The Morgan fingerprint density at radius 1 is 1.09 bits per heavy atom. The summed E-state index contributed by atoms with van der Waals surface area (Å²) in [6, 6.07) is 9.32. The number of carbonyl (C=O) groups is 2. The van der Waals surface area contributed by atoms with E-state index in [1.54, 1.807) is 0 Å². The molecule has 0 fully saturated rings. The van der Waals surface area contributed by atoms with Gasteiger partial charge in [0.15, 0.2) is 0 Å². The van der Waals surface area contributed by atoms with E-state index in [4.69, 9.17) is 5.11 Å². The second-order valence-corrected chi connectivity index (χ2v) is 5.72. The Morgan fingerprint density at radius 2 is 1.77 bits per heavy atom. The summed E-state index contributed by atoms with van der Waals surface area (Å²) in [7, 11) is 0. The van der Waals surface area contributed by atoms with Crippen molar-refractivity contribution in [3.8, 4) is 0 Å². The lowest BCUT2D eigenvalue weighted by Gasteiger charge is -2.17. The van der Waals surface area contributed by atoms with Crippen molar-refractivity contribution < 1.29 is 14.7 Å². The molecule has 0 unspecified atom stereocenters. The molecule has 0 bridgehead atoms. The molecule has 0 aromatic heterocycles. The van der Waals surface area contributed by atoms with Gasteiger partial charge in [-0.3, -0.25) is 9.59 Å². The third-order valence-electron chi connectivity index (χ3n) is 3.62. The van der Waals surface area contributed by atoms with E-state index in [2.05, 4.69) is 12.2 Å². The van der Waals surface area contributed by atoms with Gasteiger partial charge in [0, 0.05) is 12.5 Å². The zero-order chi connectivity index (χ0) is 16.2. The van der Waals surface area contributed by atoms with Gasteiger partial charge in [0.2, 0.25) is 5.91 Å². The fourth-order valence-corrected chi connectivity index (χ4v) is 2.47. The molecule has 1 atom stereocenters. The average molecular weight is 305 g/mol. The van der Waals surface area contributed by atoms with Gasteiger partial charge in [0.05, 0.1) is 6.42 Å². The van der Waals surface area contributed by atoms with Crippen LogP contribution in [0.3, 0.4) is 0 Å². The fourth-order valence-electron chi connectivity index (χ4n) is 2.47. The molecule has 1 rings (SSSR count). The molecule has 0 aliphatic rings. The number of hydrogen-bond acceptors (Lipinski definition) is 2. The van der Waals surface area contributed by atoms with E-state index < -0.39 is 5.97 Å². The predicted molar refractivity (Wildman–Crippen MR) is 87.7 cm³/mol. The summed E-state index contributed by atoms with van der Waals surface area (Å²) >= 11 is 0. The molecule has 0 saturated heterocycles. The maximum Gasteiger partial charge on any atom is 0.305 e. The van der Waals surface area contributed by atoms with Crippen molar-refractivity contribution >= 4 is 11.9 Å². The Hall–Kier alpha value is -1.84. The number of aliphatic carboxylic acids is 1. The molecular formula is C18H27NO3. The molecule has 0 saturated carbocycles. The fraction of sp³-hybridized carbons (Fsp3) is 0.556. The van der Waals surface area contributed by atoms with E-state index in [0.29, 0.717) is 12.8 Å². The van der Waals surface area contributed by atoms with Crippen LogP contribution in [-0.2, 0) is 16.0 Å². The lowest BCUT2D eigenvalue weighted by molar-refractivity contribution is -0.137. The summed E-state index contributed by atoms with van der Waals surface area (Å²) in [5.41, 5.74) is 1.04. The van der Waals surface area contributed by atoms with Crippen molar-refractivity contribution in [1.82, 2.24) is 5.32 Å². The van der Waals surface area contributed by atoms with Crippen molar-refractivity contribution in [2.75, 3.05) is 0 Å². The largest absolute Gasteiger partial charge is 0.481 e. The lowest BCUT2D eigenvalue weighted by Crippen LogP contribution is -2.38. The quantitative estimate of drug-likeness (QED) is 0.614. The molecule has 2 N–H and O–H groups in total. The summed E-state index contributed by atoms with van der Waals surface area (Å²) in [6.07, 6.45) is 6.47. The maximum absolute atomic E-state index is 12.0. The van der Waals surface area contributed by atoms with Crippen LogP contribution >= 0.6 is 0 Å². The predicted octanol–water partition coefficient (Wildman–Crippen LogP) is 3.55. The summed E-state index contributed by atoms with van der Waals surface area (Å²) in [6.45, 7) is 2.16. The van der Waals surface area contributed by atoms with Gasteiger partial charge in [0.25, 0.3) is 0 Å². The van der Waals surface area contributed by atoms with Crippen LogP contribution in [0.15, 0.2) is 30.3 Å². The normalized spacial score (nSPS) is 11.9. The number of hydrogen-bond donors (Lipinski definition) is 2. The smallest absolute Gasteiger partial charge is 0.305 e. The van der Waals surface area contributed by atoms with Gasteiger partial charge in [-0.15, -0.1) is 0 Å². The molecule has 22 heavy (non-hydrogen) atoms. The molecule has 122 valence electrons. The van der Waals surface area contributed by atoms with E-state index in [9.17, 15) is 9.59 Å². The molecule has 1 aromatic rings. The van der Waals surface area contributed by atoms with E-state index >= 15 is 0 Å². The highest BCUT2D eigenvalue weighted by molar-refractivity contribution is 5.77. The second-order valence-electron chi connectivity index (χ2n) is 5.72. The van der Waals surface area contributed by atoms with Crippen molar-refractivity contribution in [1.29, 1.82) is 0 Å². The van der Waals surface area contributed by atoms with Gasteiger partial charge in [-0.25, -0.2) is 0 Å². The van der Waals surface area contributed by atoms with Gasteiger partial charge in [0.1, 0.15) is 0 Å². The van der Waals surface area contributed by atoms with Gasteiger partial charge in [-0.05, 0) is 18.4 Å². The molecular weight excluding hydrogens is 278 g/mol. The molecule has 0 aliphatic carbocycles. The molecule has 1 amide bonds. The average Bonchev–Trinajstić information content (AvgIpc) is 2.47. The third kappa shape index (κ3) is 8.45. The van der Waals surface area contributed by atoms with E-state index in [1.165, 1.54) is 12.8 Å². The Labute approximate surface area is 132 Å². The van der Waals surface area contributed by atoms with Gasteiger partial charge in [-0.2, -0.15) is 0 Å². The SMILES string of the molecule is CCCCCCCC(=O)N[C@@H](CC(=O)O)Cc1ccccc1. The summed E-state index contributed by atoms with van der Waals surface area (Å²) in [5, 5.41) is 11.9. The molecule has 4 nitrogen and oxygen atoms in total. The Balaban J connectivity index is 2.40. The molecule has 1 aromatic carbocycles. The molecule has 4 heteroatoms. The number of amides is 1. The van der Waals surface area contributed by atoms with Crippen LogP contribution in [0.4, 0.5) is 0 Å². The van der Waals surface area contributed by atoms with Gasteiger partial charge in [-0.1, -0.05) is 62.9 Å². The number of unbranched alkanes of at least 4 members (excludes halogenated alkanes) is 4. The highest BCUT2D eigenvalue weighted by Gasteiger charge is 2.16. The van der Waals surface area contributed by atoms with Crippen LogP contribution in [0.1, 0.15) is 57.4 Å². The highest BCUT2D eigenvalue weighted by atomic mass is 16.4. The minimum absolute atomic E-state index is 0.0429. The monoisotopic (exact) mass is 305 g/mol. The van der Waals surface area contributed by atoms with Crippen LogP contribution in [0.25, 0.3) is 0 Å². The number of nitrogens with one attached hydrogen (secondary N) is 1. The van der Waals surface area contributed by atoms with E-state index in [0.717, 1.165) is 24.8 Å². The van der Waals surface area contributed by atoms with Crippen LogP contribution in [-0.4, -0.2) is 23.0 Å². The first-order valence-corrected chi connectivity index (χ1v) is 8.17. The van der Waals surface area contributed by atoms with Crippen molar-refractivity contribution in [2.45, 2.75) is 64.3 Å². The number of carboxylic acids is 1. The van der Waals surface area contributed by atoms with Crippen LogP contribution in [0.5, 0.6) is 0 Å².